The molecule has 1 aromatic heterocycles. The number of carbonyl (C=O) groups is 1. The van der Waals surface area contributed by atoms with Gasteiger partial charge in [0, 0.05) is 17.1 Å². The Morgan fingerprint density at radius 1 is 1.08 bits per heavy atom. The number of hydrogen-bond acceptors (Lipinski definition) is 4. The molecule has 1 saturated heterocycles. The fourth-order valence-corrected chi connectivity index (χ4v) is 3.27. The molecule has 6 heteroatoms. The highest BCUT2D eigenvalue weighted by Gasteiger charge is 2.23. The lowest BCUT2D eigenvalue weighted by Gasteiger charge is -2.03. The minimum Gasteiger partial charge on any atom is -0.300 e. The summed E-state index contributed by atoms with van der Waals surface area (Å²) in [6.45, 7) is 0. The van der Waals surface area contributed by atoms with Crippen molar-refractivity contribution in [3.63, 3.8) is 0 Å². The third kappa shape index (κ3) is 3.29. The first kappa shape index (κ1) is 15.5. The minimum absolute atomic E-state index is 0.194. The molecule has 0 spiro atoms. The van der Waals surface area contributed by atoms with Gasteiger partial charge >= 0.3 is 0 Å². The van der Waals surface area contributed by atoms with E-state index in [1.54, 1.807) is 18.3 Å². The molecule has 4 rings (SSSR count). The fraction of sp³-hybridized carbons (Fsp3) is 0. The van der Waals surface area contributed by atoms with E-state index in [0.29, 0.717) is 16.4 Å². The van der Waals surface area contributed by atoms with E-state index in [2.05, 4.69) is 15.3 Å². The standard InChI is InChI=1S/C19H12FN3OS/c20-14-6-8-15(9-7-14)22-18-16(25-19(24)23-18)11-13-4-1-3-12-5-2-10-21-17(12)13/h1-11H,(H,22,23,24)/b16-11-. The van der Waals surface area contributed by atoms with Gasteiger partial charge in [0.1, 0.15) is 11.7 Å². The monoisotopic (exact) mass is 349 g/mol. The Morgan fingerprint density at radius 2 is 1.88 bits per heavy atom. The van der Waals surface area contributed by atoms with Crippen LogP contribution >= 0.6 is 11.8 Å². The summed E-state index contributed by atoms with van der Waals surface area (Å²) in [6, 6.07) is 15.6. The second kappa shape index (κ2) is 6.49. The molecule has 4 nitrogen and oxygen atoms in total. The van der Waals surface area contributed by atoms with Gasteiger partial charge in [-0.3, -0.25) is 9.78 Å². The van der Waals surface area contributed by atoms with Crippen LogP contribution in [0.3, 0.4) is 0 Å². The summed E-state index contributed by atoms with van der Waals surface area (Å²) in [4.78, 5) is 21.4. The van der Waals surface area contributed by atoms with Gasteiger partial charge in [0.25, 0.3) is 5.24 Å². The predicted octanol–water partition coefficient (Wildman–Crippen LogP) is 4.90. The summed E-state index contributed by atoms with van der Waals surface area (Å²) in [5, 5.41) is 3.56. The van der Waals surface area contributed by atoms with Crippen LogP contribution in [0.4, 0.5) is 14.9 Å². The number of carbonyl (C=O) groups excluding carboxylic acids is 1. The van der Waals surface area contributed by atoms with E-state index in [0.717, 1.165) is 28.2 Å². The van der Waals surface area contributed by atoms with Crippen LogP contribution in [0.25, 0.3) is 17.0 Å². The maximum absolute atomic E-state index is 13.0. The highest BCUT2D eigenvalue weighted by Crippen LogP contribution is 2.30. The molecule has 0 radical (unpaired) electrons. The predicted molar refractivity (Wildman–Crippen MR) is 99.3 cm³/mol. The molecule has 0 unspecified atom stereocenters. The normalized spacial score (nSPS) is 17.4. The van der Waals surface area contributed by atoms with Gasteiger partial charge < -0.3 is 5.32 Å². The Morgan fingerprint density at radius 3 is 2.72 bits per heavy atom. The Kier molecular flexibility index (Phi) is 4.03. The van der Waals surface area contributed by atoms with Crippen molar-refractivity contribution >= 4 is 45.5 Å². The third-order valence-corrected chi connectivity index (χ3v) is 4.49. The third-order valence-electron chi connectivity index (χ3n) is 3.67. The van der Waals surface area contributed by atoms with Crippen LogP contribution in [-0.2, 0) is 0 Å². The van der Waals surface area contributed by atoms with Crippen molar-refractivity contribution in [2.24, 2.45) is 4.99 Å². The van der Waals surface area contributed by atoms with Crippen molar-refractivity contribution < 1.29 is 9.18 Å². The lowest BCUT2D eigenvalue weighted by molar-refractivity contribution is 0.265. The van der Waals surface area contributed by atoms with Gasteiger partial charge in [-0.25, -0.2) is 9.38 Å². The van der Waals surface area contributed by atoms with Gasteiger partial charge in [0.05, 0.1) is 16.1 Å². The number of nitrogens with zero attached hydrogens (tertiary/aromatic N) is 2. The number of hydrogen-bond donors (Lipinski definition) is 1. The zero-order valence-electron chi connectivity index (χ0n) is 12.9. The summed E-state index contributed by atoms with van der Waals surface area (Å²) in [5.41, 5.74) is 2.34. The summed E-state index contributed by atoms with van der Waals surface area (Å²) in [5.74, 6) is 0.126. The van der Waals surface area contributed by atoms with Gasteiger partial charge in [0.15, 0.2) is 0 Å². The van der Waals surface area contributed by atoms with Crippen molar-refractivity contribution in [2.45, 2.75) is 0 Å². The molecule has 122 valence electrons. The molecule has 0 atom stereocenters. The van der Waals surface area contributed by atoms with Crippen LogP contribution in [0.15, 0.2) is 70.7 Å². The number of rotatable bonds is 2. The number of benzene rings is 2. The lowest BCUT2D eigenvalue weighted by Crippen LogP contribution is -2.18. The number of thioether (sulfide) groups is 1. The van der Waals surface area contributed by atoms with Gasteiger partial charge in [0.2, 0.25) is 0 Å². The molecule has 0 aliphatic carbocycles. The van der Waals surface area contributed by atoms with Crippen molar-refractivity contribution in [2.75, 3.05) is 0 Å². The Balaban J connectivity index is 1.77. The number of fused-ring (bicyclic) bond motifs is 1. The Bertz CT molecular complexity index is 1020. The van der Waals surface area contributed by atoms with Gasteiger partial charge in [-0.1, -0.05) is 24.3 Å². The van der Waals surface area contributed by atoms with Crippen LogP contribution < -0.4 is 5.32 Å². The van der Waals surface area contributed by atoms with E-state index < -0.39 is 0 Å². The van der Waals surface area contributed by atoms with Crippen molar-refractivity contribution in [1.82, 2.24) is 10.3 Å². The number of pyridine rings is 1. The van der Waals surface area contributed by atoms with E-state index in [1.165, 1.54) is 12.1 Å². The molecule has 1 N–H and O–H groups in total. The fourth-order valence-electron chi connectivity index (χ4n) is 2.54. The number of nitrogens with one attached hydrogen (secondary N) is 1. The summed E-state index contributed by atoms with van der Waals surface area (Å²) in [6.07, 6.45) is 3.63. The van der Waals surface area contributed by atoms with Crippen molar-refractivity contribution in [1.29, 1.82) is 0 Å². The smallest absolute Gasteiger partial charge is 0.289 e. The number of amides is 1. The number of halogens is 1. The molecule has 3 aromatic rings. The van der Waals surface area contributed by atoms with E-state index in [9.17, 15) is 9.18 Å². The highest BCUT2D eigenvalue weighted by atomic mass is 32.2. The van der Waals surface area contributed by atoms with E-state index >= 15 is 0 Å². The van der Waals surface area contributed by atoms with Crippen LogP contribution in [0.5, 0.6) is 0 Å². The van der Waals surface area contributed by atoms with Crippen LogP contribution in [0.2, 0.25) is 0 Å². The SMILES string of the molecule is O=C1NC(=Nc2ccc(F)cc2)/C(=C/c2cccc3cccnc23)S1. The minimum atomic E-state index is -0.327. The molecule has 0 saturated carbocycles. The molecule has 1 aliphatic rings. The summed E-state index contributed by atoms with van der Waals surface area (Å²) in [7, 11) is 0. The maximum Gasteiger partial charge on any atom is 0.289 e. The average molecular weight is 349 g/mol. The number of aromatic nitrogens is 1. The molecular weight excluding hydrogens is 337 g/mol. The van der Waals surface area contributed by atoms with Gasteiger partial charge in [-0.05, 0) is 48.2 Å². The molecule has 1 amide bonds. The zero-order valence-corrected chi connectivity index (χ0v) is 13.8. The average Bonchev–Trinajstić information content (AvgIpc) is 2.96. The molecular formula is C19H12FN3OS. The Hall–Kier alpha value is -2.99. The highest BCUT2D eigenvalue weighted by molar-refractivity contribution is 8.18. The van der Waals surface area contributed by atoms with Crippen LogP contribution in [0, 0.1) is 5.82 Å². The number of amidine groups is 1. The summed E-state index contributed by atoms with van der Waals surface area (Å²) >= 11 is 1.08. The number of aliphatic imine (C=N–C) groups is 1. The van der Waals surface area contributed by atoms with Crippen molar-refractivity contribution in [3.8, 4) is 0 Å². The lowest BCUT2D eigenvalue weighted by atomic mass is 10.1. The zero-order chi connectivity index (χ0) is 17.2. The number of para-hydroxylation sites is 1. The van der Waals surface area contributed by atoms with Crippen LogP contribution in [0.1, 0.15) is 5.56 Å². The van der Waals surface area contributed by atoms with E-state index in [1.807, 2.05) is 36.4 Å². The molecule has 2 aromatic carbocycles. The molecule has 0 bridgehead atoms. The Labute approximate surface area is 147 Å². The van der Waals surface area contributed by atoms with Gasteiger partial charge in [-0.2, -0.15) is 0 Å². The first-order valence-electron chi connectivity index (χ1n) is 7.58. The molecule has 2 heterocycles. The second-order valence-corrected chi connectivity index (χ2v) is 6.40. The first-order chi connectivity index (χ1) is 12.2. The molecule has 1 fully saturated rings. The second-order valence-electron chi connectivity index (χ2n) is 5.38. The molecule has 1 aliphatic heterocycles. The van der Waals surface area contributed by atoms with E-state index in [-0.39, 0.29) is 11.1 Å². The van der Waals surface area contributed by atoms with Gasteiger partial charge in [-0.15, -0.1) is 0 Å². The van der Waals surface area contributed by atoms with E-state index in [4.69, 9.17) is 0 Å². The quantitative estimate of drug-likeness (QED) is 0.716. The van der Waals surface area contributed by atoms with Crippen molar-refractivity contribution in [3.05, 3.63) is 77.1 Å². The first-order valence-corrected chi connectivity index (χ1v) is 8.39. The largest absolute Gasteiger partial charge is 0.300 e. The molecule has 25 heavy (non-hydrogen) atoms. The topological polar surface area (TPSA) is 54.4 Å². The summed E-state index contributed by atoms with van der Waals surface area (Å²) < 4.78 is 13.0. The van der Waals surface area contributed by atoms with Crippen LogP contribution in [-0.4, -0.2) is 16.1 Å². The maximum atomic E-state index is 13.0.